The quantitative estimate of drug-likeness (QED) is 0.599. The number of carbonyl (C=O) groups excluding carboxylic acids is 1. The molecule has 0 bridgehead atoms. The second-order valence-corrected chi connectivity index (χ2v) is 6.44. The molecule has 0 unspecified atom stereocenters. The molecule has 0 fully saturated rings. The van der Waals surface area contributed by atoms with Gasteiger partial charge in [-0.05, 0) is 25.8 Å². The SMILES string of the molecule is Cc1nn(CC(C)C)c(C)c1CC(=O)OCc1ccc(Cl)nc1. The first-order valence-electron chi connectivity index (χ1n) is 7.65. The van der Waals surface area contributed by atoms with Gasteiger partial charge in [-0.2, -0.15) is 5.10 Å². The summed E-state index contributed by atoms with van der Waals surface area (Å²) in [4.78, 5) is 16.0. The molecule has 0 radical (unpaired) electrons. The van der Waals surface area contributed by atoms with E-state index in [1.807, 2.05) is 18.5 Å². The maximum absolute atomic E-state index is 12.1. The van der Waals surface area contributed by atoms with E-state index in [2.05, 4.69) is 23.9 Å². The fraction of sp³-hybridized carbons (Fsp3) is 0.471. The molecular weight excluding hydrogens is 314 g/mol. The molecule has 0 amide bonds. The van der Waals surface area contributed by atoms with E-state index in [9.17, 15) is 4.79 Å². The first-order valence-corrected chi connectivity index (χ1v) is 8.03. The summed E-state index contributed by atoms with van der Waals surface area (Å²) < 4.78 is 7.28. The van der Waals surface area contributed by atoms with Gasteiger partial charge in [0, 0.05) is 29.6 Å². The summed E-state index contributed by atoms with van der Waals surface area (Å²) >= 11 is 5.73. The van der Waals surface area contributed by atoms with Crippen LogP contribution in [0.4, 0.5) is 0 Å². The number of pyridine rings is 1. The Morgan fingerprint density at radius 3 is 2.70 bits per heavy atom. The van der Waals surface area contributed by atoms with Crippen molar-refractivity contribution in [3.05, 3.63) is 46.0 Å². The van der Waals surface area contributed by atoms with E-state index >= 15 is 0 Å². The van der Waals surface area contributed by atoms with Crippen molar-refractivity contribution < 1.29 is 9.53 Å². The van der Waals surface area contributed by atoms with Crippen LogP contribution < -0.4 is 0 Å². The standard InChI is InChI=1S/C17H22ClN3O2/c1-11(2)9-21-13(4)15(12(3)20-21)7-17(22)23-10-14-5-6-16(18)19-8-14/h5-6,8,11H,7,9-10H2,1-4H3. The predicted octanol–water partition coefficient (Wildman–Crippen LogP) is 3.49. The van der Waals surface area contributed by atoms with Crippen LogP contribution in [0.15, 0.2) is 18.3 Å². The van der Waals surface area contributed by atoms with Gasteiger partial charge in [-0.15, -0.1) is 0 Å². The second kappa shape index (κ2) is 7.59. The maximum Gasteiger partial charge on any atom is 0.310 e. The van der Waals surface area contributed by atoms with E-state index in [4.69, 9.17) is 16.3 Å². The Labute approximate surface area is 141 Å². The Hall–Kier alpha value is -1.88. The summed E-state index contributed by atoms with van der Waals surface area (Å²) in [6.45, 7) is 9.25. The van der Waals surface area contributed by atoms with Gasteiger partial charge < -0.3 is 4.74 Å². The molecule has 6 heteroatoms. The molecule has 23 heavy (non-hydrogen) atoms. The minimum atomic E-state index is -0.268. The van der Waals surface area contributed by atoms with Crippen molar-refractivity contribution in [3.8, 4) is 0 Å². The van der Waals surface area contributed by atoms with Crippen LogP contribution in [0.5, 0.6) is 0 Å². The predicted molar refractivity (Wildman–Crippen MR) is 89.3 cm³/mol. The van der Waals surface area contributed by atoms with E-state index in [0.717, 1.165) is 29.1 Å². The lowest BCUT2D eigenvalue weighted by Gasteiger charge is -2.08. The Bertz CT molecular complexity index is 678. The molecule has 0 aliphatic rings. The van der Waals surface area contributed by atoms with Crippen LogP contribution in [-0.4, -0.2) is 20.7 Å². The molecule has 124 valence electrons. The van der Waals surface area contributed by atoms with Crippen LogP contribution in [0.2, 0.25) is 5.15 Å². The zero-order valence-corrected chi connectivity index (χ0v) is 14.7. The molecule has 0 N–H and O–H groups in total. The molecule has 0 aliphatic heterocycles. The number of aromatic nitrogens is 3. The lowest BCUT2D eigenvalue weighted by atomic mass is 10.1. The van der Waals surface area contributed by atoms with Gasteiger partial charge in [-0.25, -0.2) is 4.98 Å². The molecule has 0 aliphatic carbocycles. The van der Waals surface area contributed by atoms with Crippen LogP contribution in [-0.2, 0) is 29.1 Å². The van der Waals surface area contributed by atoms with Crippen molar-refractivity contribution in [3.63, 3.8) is 0 Å². The van der Waals surface area contributed by atoms with Gasteiger partial charge in [0.25, 0.3) is 0 Å². The number of esters is 1. The average molecular weight is 336 g/mol. The highest BCUT2D eigenvalue weighted by molar-refractivity contribution is 6.29. The normalized spacial score (nSPS) is 11.0. The third kappa shape index (κ3) is 4.79. The highest BCUT2D eigenvalue weighted by Gasteiger charge is 2.16. The average Bonchev–Trinajstić information content (AvgIpc) is 2.73. The van der Waals surface area contributed by atoms with Gasteiger partial charge in [0.05, 0.1) is 12.1 Å². The van der Waals surface area contributed by atoms with E-state index < -0.39 is 0 Å². The van der Waals surface area contributed by atoms with Crippen LogP contribution in [0.3, 0.4) is 0 Å². The van der Waals surface area contributed by atoms with Crippen molar-refractivity contribution in [1.82, 2.24) is 14.8 Å². The lowest BCUT2D eigenvalue weighted by molar-refractivity contribution is -0.144. The molecule has 0 saturated carbocycles. The van der Waals surface area contributed by atoms with Crippen LogP contribution in [0, 0.1) is 19.8 Å². The largest absolute Gasteiger partial charge is 0.460 e. The third-order valence-corrected chi connectivity index (χ3v) is 3.80. The molecule has 2 heterocycles. The first kappa shape index (κ1) is 17.5. The third-order valence-electron chi connectivity index (χ3n) is 3.58. The summed E-state index contributed by atoms with van der Waals surface area (Å²) in [6, 6.07) is 3.47. The molecule has 0 aromatic carbocycles. The monoisotopic (exact) mass is 335 g/mol. The lowest BCUT2D eigenvalue weighted by Crippen LogP contribution is -2.11. The Morgan fingerprint density at radius 1 is 1.35 bits per heavy atom. The number of carbonyl (C=O) groups is 1. The highest BCUT2D eigenvalue weighted by Crippen LogP contribution is 2.16. The van der Waals surface area contributed by atoms with E-state index in [1.165, 1.54) is 0 Å². The zero-order valence-electron chi connectivity index (χ0n) is 14.0. The number of hydrogen-bond acceptors (Lipinski definition) is 4. The van der Waals surface area contributed by atoms with Crippen molar-refractivity contribution in [2.24, 2.45) is 5.92 Å². The van der Waals surface area contributed by atoms with Crippen LogP contribution in [0.1, 0.15) is 36.4 Å². The number of nitrogens with zero attached hydrogens (tertiary/aromatic N) is 3. The number of ether oxygens (including phenoxy) is 1. The summed E-state index contributed by atoms with van der Waals surface area (Å²) in [5, 5.41) is 4.94. The van der Waals surface area contributed by atoms with Crippen molar-refractivity contribution in [2.75, 3.05) is 0 Å². The minimum absolute atomic E-state index is 0.196. The van der Waals surface area contributed by atoms with Gasteiger partial charge in [0.15, 0.2) is 0 Å². The van der Waals surface area contributed by atoms with Crippen molar-refractivity contribution in [2.45, 2.75) is 47.3 Å². The minimum Gasteiger partial charge on any atom is -0.460 e. The summed E-state index contributed by atoms with van der Waals surface area (Å²) in [6.07, 6.45) is 1.84. The maximum atomic E-state index is 12.1. The Morgan fingerprint density at radius 2 is 2.09 bits per heavy atom. The van der Waals surface area contributed by atoms with E-state index in [-0.39, 0.29) is 19.0 Å². The van der Waals surface area contributed by atoms with Crippen LogP contribution in [0.25, 0.3) is 0 Å². The van der Waals surface area contributed by atoms with Crippen molar-refractivity contribution >= 4 is 17.6 Å². The fourth-order valence-electron chi connectivity index (χ4n) is 2.36. The molecule has 5 nitrogen and oxygen atoms in total. The first-order chi connectivity index (χ1) is 10.9. The zero-order chi connectivity index (χ0) is 17.0. The molecule has 0 spiro atoms. The van der Waals surface area contributed by atoms with Gasteiger partial charge >= 0.3 is 5.97 Å². The number of halogens is 1. The molecular formula is C17H22ClN3O2. The van der Waals surface area contributed by atoms with Gasteiger partial charge in [-0.3, -0.25) is 9.48 Å². The van der Waals surface area contributed by atoms with Gasteiger partial charge in [0.2, 0.25) is 0 Å². The van der Waals surface area contributed by atoms with E-state index in [1.54, 1.807) is 18.3 Å². The smallest absolute Gasteiger partial charge is 0.310 e. The van der Waals surface area contributed by atoms with Gasteiger partial charge in [0.1, 0.15) is 11.8 Å². The summed E-state index contributed by atoms with van der Waals surface area (Å²) in [7, 11) is 0. The van der Waals surface area contributed by atoms with Crippen molar-refractivity contribution in [1.29, 1.82) is 0 Å². The van der Waals surface area contributed by atoms with Gasteiger partial charge in [-0.1, -0.05) is 31.5 Å². The topological polar surface area (TPSA) is 57.0 Å². The van der Waals surface area contributed by atoms with E-state index in [0.29, 0.717) is 11.1 Å². The Balaban J connectivity index is 1.97. The number of aryl methyl sites for hydroxylation is 1. The second-order valence-electron chi connectivity index (χ2n) is 6.05. The van der Waals surface area contributed by atoms with Crippen LogP contribution >= 0.6 is 11.6 Å². The highest BCUT2D eigenvalue weighted by atomic mass is 35.5. The molecule has 2 rings (SSSR count). The Kier molecular flexibility index (Phi) is 5.77. The molecule has 2 aromatic heterocycles. The summed E-state index contributed by atoms with van der Waals surface area (Å²) in [5.74, 6) is 0.237. The molecule has 0 saturated heterocycles. The summed E-state index contributed by atoms with van der Waals surface area (Å²) in [5.41, 5.74) is 3.67. The number of rotatable bonds is 6. The number of hydrogen-bond donors (Lipinski definition) is 0. The fourth-order valence-corrected chi connectivity index (χ4v) is 2.48. The molecule has 0 atom stereocenters. The molecule has 2 aromatic rings.